The van der Waals surface area contributed by atoms with Gasteiger partial charge in [0.1, 0.15) is 4.88 Å². The Morgan fingerprint density at radius 2 is 2.17 bits per heavy atom. The Morgan fingerprint density at radius 1 is 1.50 bits per heavy atom. The molecule has 0 aliphatic heterocycles. The van der Waals surface area contributed by atoms with Gasteiger partial charge in [0.2, 0.25) is 0 Å². The number of ketones is 1. The monoisotopic (exact) mass is 268 g/mol. The molecule has 0 N–H and O–H groups in total. The lowest BCUT2D eigenvalue weighted by atomic mass is 10.3. The van der Waals surface area contributed by atoms with E-state index in [1.807, 2.05) is 11.9 Å². The van der Waals surface area contributed by atoms with Crippen LogP contribution in [0.4, 0.5) is 5.13 Å². The molecule has 18 heavy (non-hydrogen) atoms. The predicted octanol–water partition coefficient (Wildman–Crippen LogP) is 2.12. The predicted molar refractivity (Wildman–Crippen MR) is 69.5 cm³/mol. The molecule has 0 unspecified atom stereocenters. The number of hydrogen-bond donors (Lipinski definition) is 0. The van der Waals surface area contributed by atoms with Crippen molar-refractivity contribution in [2.45, 2.75) is 32.7 Å². The van der Waals surface area contributed by atoms with E-state index >= 15 is 0 Å². The molecule has 1 aromatic heterocycles. The highest BCUT2D eigenvalue weighted by atomic mass is 32.1. The van der Waals surface area contributed by atoms with Gasteiger partial charge >= 0.3 is 5.97 Å². The third kappa shape index (κ3) is 2.53. The van der Waals surface area contributed by atoms with Crippen LogP contribution in [0.1, 0.15) is 46.8 Å². The van der Waals surface area contributed by atoms with E-state index in [4.69, 9.17) is 4.74 Å². The maximum Gasteiger partial charge on any atom is 0.358 e. The number of esters is 1. The maximum atomic E-state index is 11.7. The van der Waals surface area contributed by atoms with Gasteiger partial charge in [-0.1, -0.05) is 11.3 Å². The summed E-state index contributed by atoms with van der Waals surface area (Å²) < 4.78 is 4.92. The molecule has 0 amide bonds. The third-order valence-corrected chi connectivity index (χ3v) is 4.05. The molecule has 98 valence electrons. The van der Waals surface area contributed by atoms with Crippen LogP contribution < -0.4 is 4.90 Å². The van der Waals surface area contributed by atoms with E-state index in [1.54, 1.807) is 6.92 Å². The Bertz CT molecular complexity index is 480. The van der Waals surface area contributed by atoms with Gasteiger partial charge in [0.05, 0.1) is 6.61 Å². The van der Waals surface area contributed by atoms with Crippen LogP contribution in [0.2, 0.25) is 0 Å². The number of carbonyl (C=O) groups excluding carboxylic acids is 2. The van der Waals surface area contributed by atoms with Gasteiger partial charge in [-0.05, 0) is 19.8 Å². The van der Waals surface area contributed by atoms with Crippen LogP contribution in [0, 0.1) is 0 Å². The van der Waals surface area contributed by atoms with E-state index in [9.17, 15) is 9.59 Å². The highest BCUT2D eigenvalue weighted by molar-refractivity contribution is 7.17. The van der Waals surface area contributed by atoms with Crippen LogP contribution in [-0.4, -0.2) is 36.4 Å². The quantitative estimate of drug-likeness (QED) is 0.604. The number of rotatable bonds is 5. The molecule has 1 fully saturated rings. The number of hydrogen-bond acceptors (Lipinski definition) is 6. The summed E-state index contributed by atoms with van der Waals surface area (Å²) in [5.41, 5.74) is 0.150. The molecule has 1 aliphatic rings. The Hall–Kier alpha value is -1.43. The maximum absolute atomic E-state index is 11.7. The average molecular weight is 268 g/mol. The first-order valence-corrected chi connectivity index (χ1v) is 6.78. The molecular formula is C12H16N2O3S. The topological polar surface area (TPSA) is 59.5 Å². The molecule has 1 heterocycles. The Balaban J connectivity index is 2.31. The lowest BCUT2D eigenvalue weighted by Crippen LogP contribution is -2.19. The summed E-state index contributed by atoms with van der Waals surface area (Å²) in [7, 11) is 1.94. The first-order valence-electron chi connectivity index (χ1n) is 5.96. The second kappa shape index (κ2) is 5.06. The van der Waals surface area contributed by atoms with Crippen LogP contribution in [-0.2, 0) is 4.74 Å². The standard InChI is InChI=1S/C12H16N2O3S/c1-4-17-11(16)9-10(7(2)15)18-12(13-9)14(3)8-5-6-8/h8H,4-6H2,1-3H3. The normalized spacial score (nSPS) is 14.4. The summed E-state index contributed by atoms with van der Waals surface area (Å²) in [6.07, 6.45) is 2.28. The van der Waals surface area contributed by atoms with Crippen LogP contribution in [0.15, 0.2) is 0 Å². The van der Waals surface area contributed by atoms with E-state index in [0.717, 1.165) is 12.8 Å². The van der Waals surface area contributed by atoms with Crippen LogP contribution in [0.25, 0.3) is 0 Å². The molecule has 0 saturated heterocycles. The van der Waals surface area contributed by atoms with Gasteiger partial charge < -0.3 is 9.64 Å². The van der Waals surface area contributed by atoms with Crippen LogP contribution >= 0.6 is 11.3 Å². The highest BCUT2D eigenvalue weighted by Gasteiger charge is 2.31. The molecule has 0 radical (unpaired) electrons. The van der Waals surface area contributed by atoms with E-state index < -0.39 is 5.97 Å². The molecule has 0 atom stereocenters. The summed E-state index contributed by atoms with van der Waals surface area (Å²) >= 11 is 1.26. The number of nitrogens with zero attached hydrogens (tertiary/aromatic N) is 2. The van der Waals surface area contributed by atoms with Crippen molar-refractivity contribution in [2.75, 3.05) is 18.6 Å². The van der Waals surface area contributed by atoms with Gasteiger partial charge in [0, 0.05) is 20.0 Å². The number of thiazole rings is 1. The highest BCUT2D eigenvalue weighted by Crippen LogP contribution is 2.34. The minimum atomic E-state index is -0.519. The van der Waals surface area contributed by atoms with Crippen molar-refractivity contribution in [3.8, 4) is 0 Å². The lowest BCUT2D eigenvalue weighted by Gasteiger charge is -2.13. The first-order chi connectivity index (χ1) is 8.54. The zero-order valence-electron chi connectivity index (χ0n) is 10.7. The molecule has 2 rings (SSSR count). The van der Waals surface area contributed by atoms with Gasteiger partial charge in [-0.25, -0.2) is 9.78 Å². The van der Waals surface area contributed by atoms with Crippen LogP contribution in [0.5, 0.6) is 0 Å². The summed E-state index contributed by atoms with van der Waals surface area (Å²) in [4.78, 5) is 30.0. The second-order valence-electron chi connectivity index (χ2n) is 4.29. The number of aromatic nitrogens is 1. The minimum Gasteiger partial charge on any atom is -0.461 e. The van der Waals surface area contributed by atoms with Crippen molar-refractivity contribution in [3.05, 3.63) is 10.6 Å². The van der Waals surface area contributed by atoms with Crippen molar-refractivity contribution in [1.29, 1.82) is 0 Å². The van der Waals surface area contributed by atoms with E-state index in [0.29, 0.717) is 16.1 Å². The fourth-order valence-electron chi connectivity index (χ4n) is 1.65. The molecule has 1 aliphatic carbocycles. The summed E-state index contributed by atoms with van der Waals surface area (Å²) in [6.45, 7) is 3.45. The van der Waals surface area contributed by atoms with Crippen molar-refractivity contribution in [2.24, 2.45) is 0 Å². The van der Waals surface area contributed by atoms with Gasteiger partial charge in [0.15, 0.2) is 16.6 Å². The largest absolute Gasteiger partial charge is 0.461 e. The van der Waals surface area contributed by atoms with E-state index in [-0.39, 0.29) is 18.1 Å². The lowest BCUT2D eigenvalue weighted by molar-refractivity contribution is 0.0517. The molecule has 0 bridgehead atoms. The molecule has 0 spiro atoms. The Labute approximate surface area is 110 Å². The van der Waals surface area contributed by atoms with Gasteiger partial charge in [0.25, 0.3) is 0 Å². The van der Waals surface area contributed by atoms with Crippen LogP contribution in [0.3, 0.4) is 0 Å². The van der Waals surface area contributed by atoms with Crippen molar-refractivity contribution < 1.29 is 14.3 Å². The summed E-state index contributed by atoms with van der Waals surface area (Å²) in [6, 6.07) is 0.492. The van der Waals surface area contributed by atoms with Crippen molar-refractivity contribution in [1.82, 2.24) is 4.98 Å². The number of carbonyl (C=O) groups is 2. The Kier molecular flexibility index (Phi) is 3.65. The smallest absolute Gasteiger partial charge is 0.358 e. The zero-order valence-corrected chi connectivity index (χ0v) is 11.5. The first kappa shape index (κ1) is 13.0. The molecule has 0 aromatic carbocycles. The fourth-order valence-corrected chi connectivity index (χ4v) is 2.64. The number of ether oxygens (including phenoxy) is 1. The molecule has 1 saturated carbocycles. The molecular weight excluding hydrogens is 252 g/mol. The molecule has 5 nitrogen and oxygen atoms in total. The summed E-state index contributed by atoms with van der Waals surface area (Å²) in [5, 5.41) is 0.714. The Morgan fingerprint density at radius 3 is 2.67 bits per heavy atom. The molecule has 6 heteroatoms. The number of Topliss-reactive ketones (excluding diaryl/α,β-unsaturated/α-hetero) is 1. The van der Waals surface area contributed by atoms with E-state index in [1.165, 1.54) is 18.3 Å². The second-order valence-corrected chi connectivity index (χ2v) is 5.27. The van der Waals surface area contributed by atoms with Gasteiger partial charge in [-0.3, -0.25) is 4.79 Å². The van der Waals surface area contributed by atoms with Gasteiger partial charge in [-0.15, -0.1) is 0 Å². The van der Waals surface area contributed by atoms with Gasteiger partial charge in [-0.2, -0.15) is 0 Å². The number of anilines is 1. The van der Waals surface area contributed by atoms with Crippen molar-refractivity contribution >= 4 is 28.2 Å². The zero-order chi connectivity index (χ0) is 13.3. The third-order valence-electron chi connectivity index (χ3n) is 2.80. The molecule has 1 aromatic rings. The summed E-state index contributed by atoms with van der Waals surface area (Å²) in [5.74, 6) is -0.666. The average Bonchev–Trinajstić information content (AvgIpc) is 3.06. The fraction of sp³-hybridized carbons (Fsp3) is 0.583. The SMILES string of the molecule is CCOC(=O)c1nc(N(C)C2CC2)sc1C(C)=O. The van der Waals surface area contributed by atoms with E-state index in [2.05, 4.69) is 4.98 Å². The minimum absolute atomic E-state index is 0.147. The van der Waals surface area contributed by atoms with Crippen molar-refractivity contribution in [3.63, 3.8) is 0 Å².